The molecule has 28 heavy (non-hydrogen) atoms. The molecule has 0 saturated heterocycles. The molecule has 0 bridgehead atoms. The van der Waals surface area contributed by atoms with Crippen molar-refractivity contribution in [2.75, 3.05) is 18.8 Å². The number of aryl methyl sites for hydroxylation is 1. The molecule has 2 heterocycles. The average molecular weight is 387 g/mol. The largest absolute Gasteiger partial charge is 0.444 e. The summed E-state index contributed by atoms with van der Waals surface area (Å²) < 4.78 is 6.64. The van der Waals surface area contributed by atoms with Crippen LogP contribution in [0.4, 0.5) is 10.5 Å². The topological polar surface area (TPSA) is 128 Å². The van der Waals surface area contributed by atoms with Crippen LogP contribution in [-0.2, 0) is 9.53 Å². The Morgan fingerprint density at radius 2 is 2.11 bits per heavy atom. The first-order valence-electron chi connectivity index (χ1n) is 8.67. The minimum Gasteiger partial charge on any atom is -0.444 e. The zero-order valence-electron chi connectivity index (χ0n) is 16.5. The predicted molar refractivity (Wildman–Crippen MR) is 108 cm³/mol. The van der Waals surface area contributed by atoms with Crippen LogP contribution in [0.2, 0.25) is 0 Å². The molecule has 0 saturated carbocycles. The highest BCUT2D eigenvalue weighted by atomic mass is 16.6. The van der Waals surface area contributed by atoms with Gasteiger partial charge in [0.15, 0.2) is 5.84 Å². The third-order valence-electron chi connectivity index (χ3n) is 3.88. The number of alkyl carbamates (subject to hydrolysis) is 1. The zero-order valence-corrected chi connectivity index (χ0v) is 16.5. The molecule has 150 valence electrons. The second-order valence-electron chi connectivity index (χ2n) is 7.29. The van der Waals surface area contributed by atoms with Gasteiger partial charge in [-0.2, -0.15) is 0 Å². The Morgan fingerprint density at radius 3 is 2.71 bits per heavy atom. The normalized spacial score (nSPS) is 14.4. The van der Waals surface area contributed by atoms with E-state index in [9.17, 15) is 14.4 Å². The molecule has 0 radical (unpaired) electrons. The fourth-order valence-corrected chi connectivity index (χ4v) is 2.67. The van der Waals surface area contributed by atoms with Gasteiger partial charge in [-0.1, -0.05) is 6.58 Å². The Morgan fingerprint density at radius 1 is 1.43 bits per heavy atom. The van der Waals surface area contributed by atoms with Gasteiger partial charge in [0, 0.05) is 17.8 Å². The first-order valence-corrected chi connectivity index (χ1v) is 8.67. The van der Waals surface area contributed by atoms with Crippen molar-refractivity contribution in [1.82, 2.24) is 15.2 Å². The van der Waals surface area contributed by atoms with Crippen LogP contribution in [0.15, 0.2) is 39.6 Å². The standard InChI is InChI=1S/C19H25N5O4/c1-11-8-22-16(23-18(27)28-19(3,4)5)15(13(11)9-21-10-25)24-12(2)6-7-14(20)17(24)26/h6-7,10H,1,8-9,20H2,2-5H3,(H,21,25)(H,22,23,27). The van der Waals surface area contributed by atoms with E-state index >= 15 is 0 Å². The van der Waals surface area contributed by atoms with E-state index in [0.717, 1.165) is 0 Å². The molecule has 1 aliphatic heterocycles. The molecule has 0 aromatic carbocycles. The fourth-order valence-electron chi connectivity index (χ4n) is 2.67. The number of aromatic nitrogens is 1. The van der Waals surface area contributed by atoms with Crippen LogP contribution in [0.3, 0.4) is 0 Å². The Bertz CT molecular complexity index is 935. The summed E-state index contributed by atoms with van der Waals surface area (Å²) >= 11 is 0. The molecule has 1 aromatic heterocycles. The molecule has 2 amide bonds. The highest BCUT2D eigenvalue weighted by Crippen LogP contribution is 2.24. The van der Waals surface area contributed by atoms with Crippen molar-refractivity contribution in [2.45, 2.75) is 33.3 Å². The number of ether oxygens (including phenoxy) is 1. The molecule has 0 spiro atoms. The van der Waals surface area contributed by atoms with Crippen LogP contribution in [0.1, 0.15) is 26.5 Å². The summed E-state index contributed by atoms with van der Waals surface area (Å²) in [6.07, 6.45) is -0.173. The van der Waals surface area contributed by atoms with Gasteiger partial charge in [0.2, 0.25) is 6.41 Å². The minimum absolute atomic E-state index is 0.0357. The lowest BCUT2D eigenvalue weighted by molar-refractivity contribution is -0.109. The lowest BCUT2D eigenvalue weighted by Crippen LogP contribution is -2.42. The maximum Gasteiger partial charge on any atom is 0.413 e. The smallest absolute Gasteiger partial charge is 0.413 e. The number of amidine groups is 1. The van der Waals surface area contributed by atoms with Crippen molar-refractivity contribution < 1.29 is 14.3 Å². The van der Waals surface area contributed by atoms with Gasteiger partial charge in [-0.15, -0.1) is 0 Å². The molecule has 1 aliphatic rings. The van der Waals surface area contributed by atoms with Gasteiger partial charge in [-0.05, 0) is 45.4 Å². The van der Waals surface area contributed by atoms with Crippen molar-refractivity contribution >= 4 is 29.7 Å². The van der Waals surface area contributed by atoms with Gasteiger partial charge in [0.05, 0.1) is 17.9 Å². The highest BCUT2D eigenvalue weighted by Gasteiger charge is 2.27. The Balaban J connectivity index is 2.62. The molecule has 0 aliphatic carbocycles. The summed E-state index contributed by atoms with van der Waals surface area (Å²) in [6, 6.07) is 3.19. The highest BCUT2D eigenvalue weighted by molar-refractivity contribution is 6.23. The first kappa shape index (κ1) is 20.9. The van der Waals surface area contributed by atoms with Gasteiger partial charge in [-0.3, -0.25) is 24.5 Å². The van der Waals surface area contributed by atoms with Crippen molar-refractivity contribution in [3.63, 3.8) is 0 Å². The van der Waals surface area contributed by atoms with E-state index < -0.39 is 17.3 Å². The van der Waals surface area contributed by atoms with E-state index in [1.807, 2.05) is 0 Å². The van der Waals surface area contributed by atoms with Crippen LogP contribution in [0.25, 0.3) is 5.70 Å². The Labute approximate surface area is 163 Å². The molecule has 2 rings (SSSR count). The second-order valence-corrected chi connectivity index (χ2v) is 7.29. The lowest BCUT2D eigenvalue weighted by Gasteiger charge is -2.26. The van der Waals surface area contributed by atoms with Crippen molar-refractivity contribution in [3.8, 4) is 0 Å². The van der Waals surface area contributed by atoms with Crippen molar-refractivity contribution in [2.24, 2.45) is 4.99 Å². The number of aliphatic imine (C=N–C) groups is 1. The van der Waals surface area contributed by atoms with Gasteiger partial charge in [0.1, 0.15) is 5.60 Å². The second kappa shape index (κ2) is 8.12. The zero-order chi connectivity index (χ0) is 21.1. The van der Waals surface area contributed by atoms with Crippen LogP contribution >= 0.6 is 0 Å². The average Bonchev–Trinajstić information content (AvgIpc) is 2.58. The molecular weight excluding hydrogens is 362 g/mol. The summed E-state index contributed by atoms with van der Waals surface area (Å²) in [4.78, 5) is 40.2. The number of dihydropyridines is 1. The van der Waals surface area contributed by atoms with Crippen LogP contribution in [0, 0.1) is 6.92 Å². The number of hydrogen-bond acceptors (Lipinski definition) is 6. The van der Waals surface area contributed by atoms with Crippen LogP contribution in [-0.4, -0.2) is 41.6 Å². The molecular formula is C19H25N5O4. The summed E-state index contributed by atoms with van der Waals surface area (Å²) in [6.45, 7) is 11.2. The summed E-state index contributed by atoms with van der Waals surface area (Å²) in [5.41, 5.74) is 6.70. The van der Waals surface area contributed by atoms with E-state index in [1.165, 1.54) is 10.6 Å². The number of carbonyl (C=O) groups is 2. The van der Waals surface area contributed by atoms with Gasteiger partial charge in [0.25, 0.3) is 5.56 Å². The summed E-state index contributed by atoms with van der Waals surface area (Å²) in [5.74, 6) is 0.139. The number of nitrogens with one attached hydrogen (secondary N) is 2. The van der Waals surface area contributed by atoms with Gasteiger partial charge >= 0.3 is 6.09 Å². The van der Waals surface area contributed by atoms with E-state index in [2.05, 4.69) is 22.2 Å². The Kier molecular flexibility index (Phi) is 6.07. The molecule has 9 nitrogen and oxygen atoms in total. The number of nitrogens with two attached hydrogens (primary N) is 1. The number of nitrogen functional groups attached to an aromatic ring is 1. The van der Waals surface area contributed by atoms with Crippen LogP contribution in [0.5, 0.6) is 0 Å². The quantitative estimate of drug-likeness (QED) is 0.669. The third-order valence-corrected chi connectivity index (χ3v) is 3.88. The van der Waals surface area contributed by atoms with Crippen molar-refractivity contribution in [3.05, 3.63) is 45.9 Å². The van der Waals surface area contributed by atoms with Gasteiger partial charge in [-0.25, -0.2) is 4.79 Å². The van der Waals surface area contributed by atoms with Crippen LogP contribution < -0.4 is 21.9 Å². The predicted octanol–water partition coefficient (Wildman–Crippen LogP) is 1.19. The van der Waals surface area contributed by atoms with Crippen molar-refractivity contribution in [1.29, 1.82) is 0 Å². The number of hydrogen-bond donors (Lipinski definition) is 3. The number of nitrogens with zero attached hydrogens (tertiary/aromatic N) is 2. The Hall–Kier alpha value is -3.36. The molecule has 0 fully saturated rings. The maximum absolute atomic E-state index is 12.8. The summed E-state index contributed by atoms with van der Waals surface area (Å²) in [7, 11) is 0. The van der Waals surface area contributed by atoms with E-state index in [4.69, 9.17) is 10.5 Å². The van der Waals surface area contributed by atoms with E-state index in [-0.39, 0.29) is 24.6 Å². The summed E-state index contributed by atoms with van der Waals surface area (Å²) in [5, 5.41) is 5.17. The fraction of sp³-hybridized carbons (Fsp3) is 0.368. The van der Waals surface area contributed by atoms with E-state index in [1.54, 1.807) is 33.8 Å². The SMILES string of the molecule is C=C1CN=C(NC(=O)OC(C)(C)C)C(n2c(C)ccc(N)c2=O)=C1CNC=O. The number of rotatable bonds is 4. The first-order chi connectivity index (χ1) is 13.0. The molecule has 0 unspecified atom stereocenters. The number of carbonyl (C=O) groups excluding carboxylic acids is 2. The molecule has 1 aromatic rings. The monoisotopic (exact) mass is 387 g/mol. The maximum atomic E-state index is 12.8. The number of anilines is 1. The molecule has 4 N–H and O–H groups in total. The van der Waals surface area contributed by atoms with Gasteiger partial charge < -0.3 is 15.8 Å². The lowest BCUT2D eigenvalue weighted by atomic mass is 10.0. The number of pyridine rings is 1. The molecule has 0 atom stereocenters. The van der Waals surface area contributed by atoms with E-state index in [0.29, 0.717) is 28.9 Å². The molecule has 9 heteroatoms. The minimum atomic E-state index is -0.714. The third kappa shape index (κ3) is 4.67. The number of amides is 2.